The number of aromatic amines is 1. The topological polar surface area (TPSA) is 96.5 Å². The molecule has 55 heavy (non-hydrogen) atoms. The Hall–Kier alpha value is -5.14. The SMILES string of the molecule is O=C(Nc1n[nH]c2ccc(Cc3cc(F)cc(F)c3)cc12)c1ccc(N2CCC(COCc3ccccc3)CC2)cc1C(C(=O)C(F)(F)F)C1CCOCC1. The van der Waals surface area contributed by atoms with Gasteiger partial charge in [0, 0.05) is 55.6 Å². The van der Waals surface area contributed by atoms with Crippen LogP contribution in [0.15, 0.2) is 84.9 Å². The summed E-state index contributed by atoms with van der Waals surface area (Å²) in [5, 5.41) is 10.3. The number of amides is 1. The maximum absolute atomic E-state index is 14.3. The van der Waals surface area contributed by atoms with Crippen molar-refractivity contribution in [3.05, 3.63) is 124 Å². The van der Waals surface area contributed by atoms with Crippen LogP contribution < -0.4 is 10.2 Å². The number of Topliss-reactive ketones (excluding diaryl/α,β-unsaturated/α-hetero) is 1. The molecule has 7 rings (SSSR count). The van der Waals surface area contributed by atoms with Crippen molar-refractivity contribution in [1.82, 2.24) is 10.2 Å². The number of carbonyl (C=O) groups is 2. The van der Waals surface area contributed by atoms with Gasteiger partial charge in [-0.15, -0.1) is 0 Å². The van der Waals surface area contributed by atoms with Gasteiger partial charge in [-0.2, -0.15) is 18.3 Å². The fourth-order valence-electron chi connectivity index (χ4n) is 7.71. The number of anilines is 2. The maximum atomic E-state index is 14.3. The Morgan fingerprint density at radius 1 is 0.873 bits per heavy atom. The number of aromatic nitrogens is 2. The fourth-order valence-corrected chi connectivity index (χ4v) is 7.71. The van der Waals surface area contributed by atoms with E-state index in [-0.39, 0.29) is 49.4 Å². The number of benzene rings is 4. The van der Waals surface area contributed by atoms with Crippen LogP contribution in [0, 0.1) is 23.5 Å². The van der Waals surface area contributed by atoms with E-state index in [0.29, 0.717) is 59.9 Å². The van der Waals surface area contributed by atoms with Crippen LogP contribution in [0.25, 0.3) is 10.9 Å². The lowest BCUT2D eigenvalue weighted by Crippen LogP contribution is -2.38. The summed E-state index contributed by atoms with van der Waals surface area (Å²) >= 11 is 0. The first-order valence-electron chi connectivity index (χ1n) is 18.4. The summed E-state index contributed by atoms with van der Waals surface area (Å²) in [6, 6.07) is 23.1. The van der Waals surface area contributed by atoms with Crippen molar-refractivity contribution in [2.45, 2.75) is 50.8 Å². The third kappa shape index (κ3) is 9.22. The number of nitrogens with zero attached hydrogens (tertiary/aromatic N) is 2. The van der Waals surface area contributed by atoms with Gasteiger partial charge in [-0.25, -0.2) is 8.78 Å². The molecule has 3 heterocycles. The first kappa shape index (κ1) is 38.1. The Kier molecular flexibility index (Phi) is 11.6. The average molecular weight is 761 g/mol. The smallest absolute Gasteiger partial charge is 0.381 e. The molecule has 1 atom stereocenters. The predicted octanol–water partition coefficient (Wildman–Crippen LogP) is 8.76. The molecule has 0 radical (unpaired) electrons. The lowest BCUT2D eigenvalue weighted by atomic mass is 9.76. The third-order valence-electron chi connectivity index (χ3n) is 10.5. The summed E-state index contributed by atoms with van der Waals surface area (Å²) in [7, 11) is 0. The second kappa shape index (κ2) is 16.7. The Bertz CT molecular complexity index is 2110. The van der Waals surface area contributed by atoms with E-state index in [1.165, 1.54) is 18.2 Å². The van der Waals surface area contributed by atoms with E-state index in [9.17, 15) is 31.5 Å². The van der Waals surface area contributed by atoms with Gasteiger partial charge in [0.2, 0.25) is 5.78 Å². The molecule has 0 saturated carbocycles. The summed E-state index contributed by atoms with van der Waals surface area (Å²) in [6.07, 6.45) is -2.87. The number of carbonyl (C=O) groups excluding carboxylic acids is 2. The van der Waals surface area contributed by atoms with Crippen LogP contribution in [0.3, 0.4) is 0 Å². The number of rotatable bonds is 12. The van der Waals surface area contributed by atoms with Crippen LogP contribution in [0.5, 0.6) is 0 Å². The third-order valence-corrected chi connectivity index (χ3v) is 10.5. The van der Waals surface area contributed by atoms with Crippen molar-refractivity contribution in [3.8, 4) is 0 Å². The van der Waals surface area contributed by atoms with Crippen LogP contribution in [0.4, 0.5) is 33.5 Å². The zero-order chi connectivity index (χ0) is 38.5. The summed E-state index contributed by atoms with van der Waals surface area (Å²) in [5.41, 5.74) is 3.31. The number of ketones is 1. The second-order valence-electron chi connectivity index (χ2n) is 14.4. The van der Waals surface area contributed by atoms with Crippen LogP contribution >= 0.6 is 0 Å². The predicted molar refractivity (Wildman–Crippen MR) is 198 cm³/mol. The lowest BCUT2D eigenvalue weighted by Gasteiger charge is -2.35. The van der Waals surface area contributed by atoms with Gasteiger partial charge in [-0.1, -0.05) is 36.4 Å². The summed E-state index contributed by atoms with van der Waals surface area (Å²) < 4.78 is 82.2. The second-order valence-corrected chi connectivity index (χ2v) is 14.4. The van der Waals surface area contributed by atoms with E-state index >= 15 is 0 Å². The molecule has 5 aromatic rings. The number of halogens is 5. The zero-order valence-corrected chi connectivity index (χ0v) is 30.0. The standard InChI is InChI=1S/C42H41F5N4O4/c43-31-19-29(20-32(44)22-31)18-28-6-9-37-36(21-28)40(50-49-37)48-41(53)34-8-7-33(23-35(34)38(39(52)42(45,46)47)30-12-16-54-17-13-30)51-14-10-27(11-15-51)25-55-24-26-4-2-1-3-5-26/h1-9,19-23,27,30,38H,10-18,24-25H2,(H2,48,49,50,53). The molecule has 2 aliphatic rings. The average Bonchev–Trinajstić information content (AvgIpc) is 3.56. The van der Waals surface area contributed by atoms with Gasteiger partial charge < -0.3 is 19.7 Å². The van der Waals surface area contributed by atoms with Gasteiger partial charge in [0.1, 0.15) is 11.6 Å². The van der Waals surface area contributed by atoms with Gasteiger partial charge in [0.15, 0.2) is 5.82 Å². The molecule has 288 valence electrons. The molecule has 2 fully saturated rings. The van der Waals surface area contributed by atoms with Crippen LogP contribution in [-0.4, -0.2) is 61.0 Å². The number of alkyl halides is 3. The van der Waals surface area contributed by atoms with Gasteiger partial charge in [0.25, 0.3) is 5.91 Å². The molecule has 1 amide bonds. The first-order valence-corrected chi connectivity index (χ1v) is 18.4. The minimum absolute atomic E-state index is 0.00574. The molecule has 2 saturated heterocycles. The van der Waals surface area contributed by atoms with Crippen molar-refractivity contribution >= 4 is 34.1 Å². The quantitative estimate of drug-likeness (QED) is 0.124. The van der Waals surface area contributed by atoms with Crippen molar-refractivity contribution in [2.75, 3.05) is 43.1 Å². The molecule has 0 bridgehead atoms. The number of H-pyrrole nitrogens is 1. The zero-order valence-electron chi connectivity index (χ0n) is 30.0. The van der Waals surface area contributed by atoms with Crippen molar-refractivity contribution < 1.29 is 41.0 Å². The summed E-state index contributed by atoms with van der Waals surface area (Å²) in [5.74, 6) is -5.93. The molecule has 13 heteroatoms. The molecule has 1 aromatic heterocycles. The molecule has 1 unspecified atom stereocenters. The lowest BCUT2D eigenvalue weighted by molar-refractivity contribution is -0.174. The van der Waals surface area contributed by atoms with Crippen LogP contribution in [-0.2, 0) is 27.3 Å². The van der Waals surface area contributed by atoms with Crippen LogP contribution in [0.1, 0.15) is 64.2 Å². The molecule has 0 spiro atoms. The number of hydrogen-bond donors (Lipinski definition) is 2. The number of nitrogens with one attached hydrogen (secondary N) is 2. The Morgan fingerprint density at radius 2 is 1.60 bits per heavy atom. The number of ether oxygens (including phenoxy) is 2. The molecule has 8 nitrogen and oxygen atoms in total. The molecule has 2 N–H and O–H groups in total. The van der Waals surface area contributed by atoms with Crippen molar-refractivity contribution in [2.24, 2.45) is 11.8 Å². The number of piperidine rings is 1. The number of hydrogen-bond acceptors (Lipinski definition) is 6. The highest BCUT2D eigenvalue weighted by Crippen LogP contribution is 2.41. The van der Waals surface area contributed by atoms with Gasteiger partial charge in [-0.05, 0) is 109 Å². The van der Waals surface area contributed by atoms with E-state index in [2.05, 4.69) is 20.4 Å². The highest BCUT2D eigenvalue weighted by Gasteiger charge is 2.48. The van der Waals surface area contributed by atoms with Crippen molar-refractivity contribution in [3.63, 3.8) is 0 Å². The highest BCUT2D eigenvalue weighted by atomic mass is 19.4. The van der Waals surface area contributed by atoms with Gasteiger partial charge >= 0.3 is 6.18 Å². The van der Waals surface area contributed by atoms with E-state index in [0.717, 1.165) is 24.5 Å². The van der Waals surface area contributed by atoms with Crippen molar-refractivity contribution in [1.29, 1.82) is 0 Å². The van der Waals surface area contributed by atoms with Gasteiger partial charge in [-0.3, -0.25) is 14.7 Å². The van der Waals surface area contributed by atoms with E-state index in [1.54, 1.807) is 30.3 Å². The summed E-state index contributed by atoms with van der Waals surface area (Å²) in [6.45, 7) is 2.77. The number of fused-ring (bicyclic) bond motifs is 1. The maximum Gasteiger partial charge on any atom is 0.450 e. The Balaban J connectivity index is 1.15. The molecular weight excluding hydrogens is 719 g/mol. The normalized spacial score (nSPS) is 16.3. The molecule has 0 aliphatic carbocycles. The first-order chi connectivity index (χ1) is 26.5. The Morgan fingerprint density at radius 3 is 2.31 bits per heavy atom. The van der Waals surface area contributed by atoms with Gasteiger partial charge in [0.05, 0.1) is 18.0 Å². The van der Waals surface area contributed by atoms with E-state index in [4.69, 9.17) is 9.47 Å². The van der Waals surface area contributed by atoms with E-state index in [1.807, 2.05) is 30.3 Å². The monoisotopic (exact) mass is 760 g/mol. The molecule has 2 aliphatic heterocycles. The van der Waals surface area contributed by atoms with Crippen LogP contribution in [0.2, 0.25) is 0 Å². The largest absolute Gasteiger partial charge is 0.450 e. The minimum atomic E-state index is -5.13. The Labute approximate surface area is 315 Å². The highest BCUT2D eigenvalue weighted by molar-refractivity contribution is 6.10. The fraction of sp³-hybridized carbons (Fsp3) is 0.357. The molecule has 4 aromatic carbocycles. The molecular formula is C42H41F5N4O4. The summed E-state index contributed by atoms with van der Waals surface area (Å²) in [4.78, 5) is 29.5. The minimum Gasteiger partial charge on any atom is -0.381 e. The van der Waals surface area contributed by atoms with E-state index < -0.39 is 41.3 Å².